The fourth-order valence-corrected chi connectivity index (χ4v) is 5.96. The number of aliphatic hydroxyl groups is 3. The van der Waals surface area contributed by atoms with E-state index >= 15 is 0 Å². The number of nitrogens with two attached hydrogens (primary N) is 1. The summed E-state index contributed by atoms with van der Waals surface area (Å²) < 4.78 is 0. The molecule has 1 heterocycles. The molecule has 0 unspecified atom stereocenters. The summed E-state index contributed by atoms with van der Waals surface area (Å²) in [6.07, 6.45) is 4.72. The highest BCUT2D eigenvalue weighted by Crippen LogP contribution is 2.53. The van der Waals surface area contributed by atoms with E-state index in [4.69, 9.17) is 5.73 Å². The number of nitrogens with zero attached hydrogens (tertiary/aromatic N) is 3. The summed E-state index contributed by atoms with van der Waals surface area (Å²) in [6.45, 7) is 0. The average molecular weight is 492 g/mol. The molecule has 11 heteroatoms. The molecule has 3 aliphatic carbocycles. The molecule has 4 atom stereocenters. The van der Waals surface area contributed by atoms with Crippen molar-refractivity contribution in [3.63, 3.8) is 0 Å². The molecular formula is C25H24N4O7. The maximum absolute atomic E-state index is 13.7. The van der Waals surface area contributed by atoms with Gasteiger partial charge in [-0.05, 0) is 50.0 Å². The summed E-state index contributed by atoms with van der Waals surface area (Å²) in [5.41, 5.74) is 3.34. The van der Waals surface area contributed by atoms with Crippen molar-refractivity contribution in [3.8, 4) is 16.9 Å². The Kier molecular flexibility index (Phi) is 5.23. The van der Waals surface area contributed by atoms with Gasteiger partial charge in [0.1, 0.15) is 29.2 Å². The van der Waals surface area contributed by atoms with E-state index in [0.717, 1.165) is 0 Å². The summed E-state index contributed by atoms with van der Waals surface area (Å²) >= 11 is 0. The Hall–Kier alpha value is -4.09. The first kappa shape index (κ1) is 23.6. The van der Waals surface area contributed by atoms with Crippen LogP contribution in [-0.2, 0) is 16.0 Å². The molecule has 0 saturated heterocycles. The number of carbonyl (C=O) groups excluding carboxylic acids is 3. The molecule has 6 N–H and O–H groups in total. The molecule has 0 bridgehead atoms. The molecule has 0 saturated carbocycles. The summed E-state index contributed by atoms with van der Waals surface area (Å²) in [4.78, 5) is 48.6. The molecule has 1 aromatic heterocycles. The first-order chi connectivity index (χ1) is 17.0. The molecule has 1 amide bonds. The van der Waals surface area contributed by atoms with E-state index in [1.165, 1.54) is 17.3 Å². The number of aromatic hydroxyl groups is 1. The van der Waals surface area contributed by atoms with Gasteiger partial charge in [-0.1, -0.05) is 6.07 Å². The molecular weight excluding hydrogens is 468 g/mol. The molecule has 1 aromatic carbocycles. The Morgan fingerprint density at radius 1 is 1.14 bits per heavy atom. The van der Waals surface area contributed by atoms with Crippen molar-refractivity contribution in [2.24, 2.45) is 17.6 Å². The van der Waals surface area contributed by atoms with E-state index in [2.05, 4.69) is 9.97 Å². The van der Waals surface area contributed by atoms with E-state index < -0.39 is 58.0 Å². The number of primary amides is 1. The van der Waals surface area contributed by atoms with Crippen molar-refractivity contribution >= 4 is 17.5 Å². The fourth-order valence-electron chi connectivity index (χ4n) is 5.96. The third-order valence-electron chi connectivity index (χ3n) is 7.48. The minimum atomic E-state index is -2.66. The van der Waals surface area contributed by atoms with Gasteiger partial charge >= 0.3 is 0 Å². The predicted molar refractivity (Wildman–Crippen MR) is 125 cm³/mol. The van der Waals surface area contributed by atoms with Gasteiger partial charge in [0, 0.05) is 29.4 Å². The molecule has 2 aromatic rings. The molecule has 3 aliphatic rings. The zero-order valence-corrected chi connectivity index (χ0v) is 19.5. The molecule has 0 spiro atoms. The highest BCUT2D eigenvalue weighted by molar-refractivity contribution is 6.24. The normalized spacial score (nSPS) is 27.6. The zero-order valence-electron chi connectivity index (χ0n) is 19.5. The number of ketones is 2. The number of phenols is 1. The lowest BCUT2D eigenvalue weighted by atomic mass is 9.58. The van der Waals surface area contributed by atoms with E-state index in [-0.39, 0.29) is 29.7 Å². The maximum Gasteiger partial charge on any atom is 0.255 e. The number of benzene rings is 1. The quantitative estimate of drug-likeness (QED) is 0.379. The highest BCUT2D eigenvalue weighted by Gasteiger charge is 2.63. The number of carbonyl (C=O) groups is 3. The van der Waals surface area contributed by atoms with Crippen LogP contribution in [0.1, 0.15) is 22.3 Å². The number of likely N-dealkylation sites (N-methyl/N-ethyl adjacent to an activating group) is 1. The fraction of sp³-hybridized carbons (Fsp3) is 0.320. The largest absolute Gasteiger partial charge is 0.510 e. The number of Topliss-reactive ketones (excluding diaryl/α,β-unsaturated/α-hetero) is 2. The van der Waals surface area contributed by atoms with Gasteiger partial charge in [0.15, 0.2) is 11.4 Å². The van der Waals surface area contributed by atoms with Crippen molar-refractivity contribution in [1.29, 1.82) is 0 Å². The lowest BCUT2D eigenvalue weighted by molar-refractivity contribution is -0.148. The minimum Gasteiger partial charge on any atom is -0.510 e. The summed E-state index contributed by atoms with van der Waals surface area (Å²) in [5, 5.41) is 44.3. The number of hydrogen-bond acceptors (Lipinski definition) is 10. The van der Waals surface area contributed by atoms with Crippen LogP contribution >= 0.6 is 0 Å². The van der Waals surface area contributed by atoms with Crippen LogP contribution in [0.25, 0.3) is 11.1 Å². The molecule has 0 fully saturated rings. The van der Waals surface area contributed by atoms with Gasteiger partial charge in [-0.25, -0.2) is 9.97 Å². The molecule has 186 valence electrons. The summed E-state index contributed by atoms with van der Waals surface area (Å²) in [6, 6.07) is 1.95. The van der Waals surface area contributed by atoms with Gasteiger partial charge in [0.25, 0.3) is 5.91 Å². The van der Waals surface area contributed by atoms with Crippen molar-refractivity contribution < 1.29 is 34.8 Å². The van der Waals surface area contributed by atoms with Crippen LogP contribution in [-0.4, -0.2) is 78.5 Å². The third-order valence-corrected chi connectivity index (χ3v) is 7.48. The van der Waals surface area contributed by atoms with Crippen LogP contribution in [0.15, 0.2) is 53.5 Å². The van der Waals surface area contributed by atoms with E-state index in [9.17, 15) is 34.8 Å². The lowest BCUT2D eigenvalue weighted by Crippen LogP contribution is -2.63. The van der Waals surface area contributed by atoms with Crippen molar-refractivity contribution in [2.45, 2.75) is 24.5 Å². The Morgan fingerprint density at radius 2 is 1.81 bits per heavy atom. The molecule has 36 heavy (non-hydrogen) atoms. The van der Waals surface area contributed by atoms with Crippen molar-refractivity contribution in [2.75, 3.05) is 14.1 Å². The second-order valence-corrected chi connectivity index (χ2v) is 9.58. The first-order valence-corrected chi connectivity index (χ1v) is 11.2. The van der Waals surface area contributed by atoms with Crippen LogP contribution in [0, 0.1) is 11.8 Å². The number of rotatable bonds is 3. The number of aromatic nitrogens is 2. The molecule has 0 radical (unpaired) electrons. The number of allylic oxidation sites excluding steroid dienone is 1. The maximum atomic E-state index is 13.7. The average Bonchev–Trinajstić information content (AvgIpc) is 2.81. The van der Waals surface area contributed by atoms with Crippen LogP contribution < -0.4 is 5.73 Å². The Balaban J connectivity index is 1.73. The predicted octanol–water partition coefficient (Wildman–Crippen LogP) is 0.578. The second kappa shape index (κ2) is 7.97. The Labute approximate surface area is 205 Å². The topological polar surface area (TPSA) is 187 Å². The zero-order chi connectivity index (χ0) is 26.1. The number of fused-ring (bicyclic) bond motifs is 3. The van der Waals surface area contributed by atoms with Crippen molar-refractivity contribution in [1.82, 2.24) is 14.9 Å². The van der Waals surface area contributed by atoms with Crippen LogP contribution in [0.4, 0.5) is 0 Å². The van der Waals surface area contributed by atoms with E-state index in [0.29, 0.717) is 16.7 Å². The van der Waals surface area contributed by atoms with E-state index in [1.807, 2.05) is 0 Å². The van der Waals surface area contributed by atoms with Gasteiger partial charge in [-0.3, -0.25) is 19.3 Å². The van der Waals surface area contributed by atoms with Gasteiger partial charge in [-0.15, -0.1) is 0 Å². The minimum absolute atomic E-state index is 0.0200. The van der Waals surface area contributed by atoms with Gasteiger partial charge in [-0.2, -0.15) is 0 Å². The number of amides is 1. The monoisotopic (exact) mass is 492 g/mol. The number of phenolic OH excluding ortho intramolecular Hbond substituents is 1. The standard InChI is InChI=1S/C25H24N4O7/c1-29(2)19-14-6-10-5-13-12(11-7-27-9-28-8-11)3-4-15(30)17(13)20(31)16(10)22(33)25(14,36)23(34)18(21(19)32)24(26)35/h3-4,7-10,14,19,30,32-33,36H,5-6H2,1-2H3,(H2,26,35)/t10-,14+,19-,25-/m1/s1. The Morgan fingerprint density at radius 3 is 2.42 bits per heavy atom. The number of aliphatic hydroxyl groups excluding tert-OH is 2. The lowest BCUT2D eigenvalue weighted by Gasteiger charge is -2.50. The SMILES string of the molecule is CN(C)[C@H]1C(O)=C(C(N)=O)C(=O)[C@]2(O)C(O)=C3C(=O)c4c(O)ccc(-c5cncnc5)c4C[C@@H]3C[C@@H]12. The molecule has 5 rings (SSSR count). The number of hydrogen-bond donors (Lipinski definition) is 5. The highest BCUT2D eigenvalue weighted by atomic mass is 16.3. The Bertz CT molecular complexity index is 1400. The summed E-state index contributed by atoms with van der Waals surface area (Å²) in [5.74, 6) is -6.82. The summed E-state index contributed by atoms with van der Waals surface area (Å²) in [7, 11) is 3.16. The van der Waals surface area contributed by atoms with Gasteiger partial charge < -0.3 is 26.2 Å². The third kappa shape index (κ3) is 3.02. The van der Waals surface area contributed by atoms with Crippen molar-refractivity contribution in [3.05, 3.63) is 64.6 Å². The van der Waals surface area contributed by atoms with Crippen LogP contribution in [0.5, 0.6) is 5.75 Å². The first-order valence-electron chi connectivity index (χ1n) is 11.2. The van der Waals surface area contributed by atoms with Crippen LogP contribution in [0.3, 0.4) is 0 Å². The second-order valence-electron chi connectivity index (χ2n) is 9.58. The molecule has 11 nitrogen and oxygen atoms in total. The van der Waals surface area contributed by atoms with E-state index in [1.54, 1.807) is 32.6 Å². The molecule has 0 aliphatic heterocycles. The van der Waals surface area contributed by atoms with Gasteiger partial charge in [0.2, 0.25) is 5.78 Å². The smallest absolute Gasteiger partial charge is 0.255 e. The van der Waals surface area contributed by atoms with Crippen LogP contribution in [0.2, 0.25) is 0 Å². The van der Waals surface area contributed by atoms with Gasteiger partial charge in [0.05, 0.1) is 11.6 Å².